The second-order valence-corrected chi connectivity index (χ2v) is 11.9. The summed E-state index contributed by atoms with van der Waals surface area (Å²) in [4.78, 5) is 14.2. The number of pyridine rings is 1. The predicted molar refractivity (Wildman–Crippen MR) is 173 cm³/mol. The maximum Gasteiger partial charge on any atom is 0.531 e. The van der Waals surface area contributed by atoms with Crippen molar-refractivity contribution in [2.75, 3.05) is 20.3 Å². The largest absolute Gasteiger partial charge is 0.531 e. The molecule has 1 heterocycles. The average Bonchev–Trinajstić information content (AvgIpc) is 2.97. The van der Waals surface area contributed by atoms with Crippen molar-refractivity contribution in [2.24, 2.45) is 0 Å². The van der Waals surface area contributed by atoms with Crippen LogP contribution in [0.3, 0.4) is 0 Å². The van der Waals surface area contributed by atoms with Crippen molar-refractivity contribution < 1.29 is 32.3 Å². The van der Waals surface area contributed by atoms with Crippen LogP contribution in [0.5, 0.6) is 17.2 Å². The Kier molecular flexibility index (Phi) is 13.8. The highest BCUT2D eigenvalue weighted by molar-refractivity contribution is 7.48. The predicted octanol–water partition coefficient (Wildman–Crippen LogP) is 8.43. The highest BCUT2D eigenvalue weighted by Crippen LogP contribution is 2.53. The van der Waals surface area contributed by atoms with Crippen LogP contribution >= 0.6 is 7.82 Å². The van der Waals surface area contributed by atoms with Gasteiger partial charge in [-0.2, -0.15) is 0 Å². The zero-order valence-corrected chi connectivity index (χ0v) is 28.0. The smallest absolute Gasteiger partial charge is 0.497 e. The average molecular weight is 618 g/mol. The SMILES string of the molecule is C=COP(=O)(OCn1cc(Cc2ccc(OC)cc2)c(=O)c2c(OCC)c(CC)cc(OCCC)c21)OC(C)(C)C.CC. The van der Waals surface area contributed by atoms with Crippen LogP contribution in [-0.4, -0.2) is 30.5 Å². The van der Waals surface area contributed by atoms with E-state index in [4.69, 9.17) is 27.8 Å². The van der Waals surface area contributed by atoms with Crippen LogP contribution in [0.15, 0.2) is 54.2 Å². The van der Waals surface area contributed by atoms with Gasteiger partial charge in [0.25, 0.3) is 0 Å². The Labute approximate surface area is 256 Å². The van der Waals surface area contributed by atoms with Gasteiger partial charge in [-0.3, -0.25) is 13.8 Å². The van der Waals surface area contributed by atoms with Gasteiger partial charge in [0.15, 0.2) is 5.43 Å². The molecule has 0 radical (unpaired) electrons. The van der Waals surface area contributed by atoms with Gasteiger partial charge >= 0.3 is 7.82 Å². The number of methoxy groups -OCH3 is 1. The summed E-state index contributed by atoms with van der Waals surface area (Å²) in [5, 5.41) is 0.378. The van der Waals surface area contributed by atoms with Crippen molar-refractivity contribution in [2.45, 2.75) is 87.0 Å². The van der Waals surface area contributed by atoms with Gasteiger partial charge in [-0.05, 0) is 69.9 Å². The molecule has 0 bridgehead atoms. The molecule has 3 rings (SSSR count). The summed E-state index contributed by atoms with van der Waals surface area (Å²) in [6, 6.07) is 9.42. The molecule has 3 aromatic rings. The topological polar surface area (TPSA) is 94.5 Å². The molecule has 0 fully saturated rings. The Hall–Kier alpha value is -3.26. The summed E-state index contributed by atoms with van der Waals surface area (Å²) >= 11 is 0. The fourth-order valence-electron chi connectivity index (χ4n) is 4.37. The highest BCUT2D eigenvalue weighted by atomic mass is 31.2. The molecule has 0 amide bonds. The minimum atomic E-state index is -4.07. The highest BCUT2D eigenvalue weighted by Gasteiger charge is 2.34. The molecule has 238 valence electrons. The van der Waals surface area contributed by atoms with Crippen LogP contribution in [0.4, 0.5) is 0 Å². The summed E-state index contributed by atoms with van der Waals surface area (Å²) < 4.78 is 49.4. The van der Waals surface area contributed by atoms with Gasteiger partial charge in [-0.1, -0.05) is 46.4 Å². The van der Waals surface area contributed by atoms with E-state index in [0.29, 0.717) is 54.0 Å². The zero-order chi connectivity index (χ0) is 32.2. The molecule has 9 nitrogen and oxygen atoms in total. The molecule has 2 aromatic carbocycles. The molecule has 0 spiro atoms. The molecule has 10 heteroatoms. The van der Waals surface area contributed by atoms with Crippen molar-refractivity contribution in [3.8, 4) is 17.2 Å². The molecular weight excluding hydrogens is 569 g/mol. The molecule has 0 N–H and O–H groups in total. The van der Waals surface area contributed by atoms with Gasteiger partial charge < -0.3 is 23.3 Å². The number of ether oxygens (including phenoxy) is 3. The van der Waals surface area contributed by atoms with Crippen LogP contribution in [0, 0.1) is 0 Å². The summed E-state index contributed by atoms with van der Waals surface area (Å²) in [5.74, 6) is 1.73. The van der Waals surface area contributed by atoms with Gasteiger partial charge in [-0.25, -0.2) is 4.57 Å². The van der Waals surface area contributed by atoms with Crippen LogP contribution in [0.25, 0.3) is 10.9 Å². The molecule has 0 aliphatic carbocycles. The van der Waals surface area contributed by atoms with E-state index in [-0.39, 0.29) is 12.2 Å². The summed E-state index contributed by atoms with van der Waals surface area (Å²) in [6.45, 7) is 19.2. The standard InChI is InChI=1S/C31H42NO8P.C2H6/c1-9-17-37-26-19-23(10-2)30(36-11-3)27-28(26)32(21-39-41(34,38-12-4)40-31(5,6)7)20-24(29(27)33)18-22-13-15-25(35-8)16-14-22;1-2/h12-16,19-20H,4,9-11,17-18,21H2,1-3,5-8H3;1-2H3. The van der Waals surface area contributed by atoms with Gasteiger partial charge in [0.05, 0.1) is 37.6 Å². The quantitative estimate of drug-likeness (QED) is 0.124. The van der Waals surface area contributed by atoms with Gasteiger partial charge in [0.1, 0.15) is 29.5 Å². The molecule has 1 unspecified atom stereocenters. The lowest BCUT2D eigenvalue weighted by Crippen LogP contribution is -2.21. The van der Waals surface area contributed by atoms with Crippen LogP contribution < -0.4 is 19.6 Å². The number of hydrogen-bond donors (Lipinski definition) is 0. The number of fused-ring (bicyclic) bond motifs is 1. The number of aryl methyl sites for hydroxylation is 1. The van der Waals surface area contributed by atoms with E-state index in [1.165, 1.54) is 0 Å². The molecule has 1 atom stereocenters. The number of nitrogens with zero attached hydrogens (tertiary/aromatic N) is 1. The van der Waals surface area contributed by atoms with E-state index in [1.807, 2.05) is 65.0 Å². The third-order valence-electron chi connectivity index (χ3n) is 6.04. The first-order chi connectivity index (χ1) is 20.5. The van der Waals surface area contributed by atoms with E-state index in [9.17, 15) is 9.36 Å². The molecule has 0 aliphatic rings. The number of hydrogen-bond acceptors (Lipinski definition) is 8. The van der Waals surface area contributed by atoms with Crippen molar-refractivity contribution >= 4 is 18.7 Å². The number of aromatic nitrogens is 1. The second kappa shape index (κ2) is 16.6. The summed E-state index contributed by atoms with van der Waals surface area (Å²) in [5.41, 5.74) is 1.74. The Morgan fingerprint density at radius 3 is 2.23 bits per heavy atom. The van der Waals surface area contributed by atoms with Crippen molar-refractivity contribution in [3.05, 3.63) is 76.3 Å². The number of phosphoric ester groups is 1. The van der Waals surface area contributed by atoms with Crippen LogP contribution in [-0.2, 0) is 37.7 Å². The maximum absolute atomic E-state index is 14.2. The third kappa shape index (κ3) is 9.62. The molecular formula is C33H48NO8P. The first-order valence-electron chi connectivity index (χ1n) is 14.8. The van der Waals surface area contributed by atoms with Crippen molar-refractivity contribution in [1.82, 2.24) is 4.57 Å². The molecule has 43 heavy (non-hydrogen) atoms. The first-order valence-corrected chi connectivity index (χ1v) is 16.3. The molecule has 0 saturated heterocycles. The van der Waals surface area contributed by atoms with E-state index in [0.717, 1.165) is 29.6 Å². The van der Waals surface area contributed by atoms with Crippen LogP contribution in [0.2, 0.25) is 0 Å². The lowest BCUT2D eigenvalue weighted by Gasteiger charge is -2.26. The van der Waals surface area contributed by atoms with E-state index >= 15 is 0 Å². The Morgan fingerprint density at radius 1 is 1.02 bits per heavy atom. The fraction of sp³-hybridized carbons (Fsp3) is 0.485. The van der Waals surface area contributed by atoms with E-state index in [2.05, 4.69) is 6.58 Å². The van der Waals surface area contributed by atoms with E-state index < -0.39 is 13.4 Å². The third-order valence-corrected chi connectivity index (χ3v) is 7.65. The zero-order valence-electron chi connectivity index (χ0n) is 27.2. The van der Waals surface area contributed by atoms with Gasteiger partial charge in [0, 0.05) is 18.2 Å². The Bertz CT molecular complexity index is 1440. The Morgan fingerprint density at radius 2 is 1.70 bits per heavy atom. The van der Waals surface area contributed by atoms with Crippen LogP contribution in [0.1, 0.15) is 78.5 Å². The second-order valence-electron chi connectivity index (χ2n) is 10.4. The normalized spacial score (nSPS) is 12.6. The number of benzene rings is 2. The lowest BCUT2D eigenvalue weighted by molar-refractivity contribution is 0.0460. The summed E-state index contributed by atoms with van der Waals surface area (Å²) in [6.07, 6.45) is 4.47. The fourth-order valence-corrected chi connectivity index (χ4v) is 5.65. The first kappa shape index (κ1) is 35.9. The van der Waals surface area contributed by atoms with Gasteiger partial charge in [-0.15, -0.1) is 0 Å². The lowest BCUT2D eigenvalue weighted by atomic mass is 10.00. The minimum absolute atomic E-state index is 0.177. The molecule has 1 aromatic heterocycles. The molecule has 0 saturated carbocycles. The molecule has 0 aliphatic heterocycles. The summed E-state index contributed by atoms with van der Waals surface area (Å²) in [7, 11) is -2.46. The maximum atomic E-state index is 14.2. The monoisotopic (exact) mass is 617 g/mol. The van der Waals surface area contributed by atoms with Gasteiger partial charge in [0.2, 0.25) is 0 Å². The van der Waals surface area contributed by atoms with Crippen molar-refractivity contribution in [1.29, 1.82) is 0 Å². The Balaban J connectivity index is 0.00000316. The number of phosphoric acid groups is 1. The number of rotatable bonds is 15. The van der Waals surface area contributed by atoms with E-state index in [1.54, 1.807) is 38.6 Å². The minimum Gasteiger partial charge on any atom is -0.497 e. The van der Waals surface area contributed by atoms with Crippen molar-refractivity contribution in [3.63, 3.8) is 0 Å².